The largest absolute Gasteiger partial charge is 0.351 e. The second kappa shape index (κ2) is 6.81. The van der Waals surface area contributed by atoms with Crippen LogP contribution in [0.1, 0.15) is 16.2 Å². The molecule has 0 aliphatic heterocycles. The van der Waals surface area contributed by atoms with Crippen LogP contribution in [-0.2, 0) is 4.79 Å². The molecule has 2 rings (SSSR count). The number of hydrogen-bond acceptors (Lipinski definition) is 4. The van der Waals surface area contributed by atoms with E-state index in [2.05, 4.69) is 10.5 Å². The van der Waals surface area contributed by atoms with Crippen LogP contribution in [0.5, 0.6) is 0 Å². The molecule has 1 heterocycles. The van der Waals surface area contributed by atoms with Crippen molar-refractivity contribution >= 4 is 40.7 Å². The first-order chi connectivity index (χ1) is 10.4. The fourth-order valence-corrected chi connectivity index (χ4v) is 2.01. The second-order valence-corrected chi connectivity index (χ2v) is 5.49. The molecule has 1 N–H and O–H groups in total. The average molecular weight is 342 g/mol. The van der Waals surface area contributed by atoms with Crippen molar-refractivity contribution in [2.24, 2.45) is 0 Å². The first kappa shape index (κ1) is 16.3. The number of hydrogen-bond donors (Lipinski definition) is 1. The van der Waals surface area contributed by atoms with Crippen LogP contribution in [0.25, 0.3) is 0 Å². The number of rotatable bonds is 4. The highest BCUT2D eigenvalue weighted by atomic mass is 35.5. The van der Waals surface area contributed by atoms with E-state index in [1.807, 2.05) is 0 Å². The van der Waals surface area contributed by atoms with Crippen LogP contribution in [0.4, 0.5) is 5.69 Å². The minimum atomic E-state index is -0.426. The van der Waals surface area contributed by atoms with Gasteiger partial charge in [-0.15, -0.1) is 0 Å². The highest BCUT2D eigenvalue weighted by Crippen LogP contribution is 2.24. The summed E-state index contributed by atoms with van der Waals surface area (Å²) >= 11 is 11.7. The number of amides is 2. The first-order valence-corrected chi connectivity index (χ1v) is 7.06. The van der Waals surface area contributed by atoms with E-state index in [1.165, 1.54) is 24.1 Å². The van der Waals surface area contributed by atoms with Crippen molar-refractivity contribution in [3.8, 4) is 0 Å². The molecule has 0 saturated heterocycles. The van der Waals surface area contributed by atoms with Crippen molar-refractivity contribution in [1.82, 2.24) is 10.1 Å². The summed E-state index contributed by atoms with van der Waals surface area (Å²) in [4.78, 5) is 25.2. The Morgan fingerprint density at radius 3 is 2.59 bits per heavy atom. The molecule has 0 aliphatic carbocycles. The Bertz CT molecular complexity index is 715. The molecule has 0 radical (unpaired) electrons. The van der Waals surface area contributed by atoms with Crippen molar-refractivity contribution in [3.05, 3.63) is 45.8 Å². The lowest BCUT2D eigenvalue weighted by molar-refractivity contribution is -0.116. The summed E-state index contributed by atoms with van der Waals surface area (Å²) in [6.07, 6.45) is 0. The third kappa shape index (κ3) is 3.99. The van der Waals surface area contributed by atoms with E-state index in [1.54, 1.807) is 19.1 Å². The number of aromatic nitrogens is 1. The minimum absolute atomic E-state index is 0.0855. The Morgan fingerprint density at radius 1 is 1.27 bits per heavy atom. The lowest BCUT2D eigenvalue weighted by Crippen LogP contribution is -2.34. The molecule has 2 aromatic rings. The van der Waals surface area contributed by atoms with Crippen LogP contribution < -0.4 is 5.32 Å². The predicted octanol–water partition coefficient (Wildman–Crippen LogP) is 3.00. The normalized spacial score (nSPS) is 10.4. The quantitative estimate of drug-likeness (QED) is 0.927. The molecule has 1 aromatic carbocycles. The zero-order chi connectivity index (χ0) is 16.3. The van der Waals surface area contributed by atoms with Gasteiger partial charge in [-0.25, -0.2) is 0 Å². The maximum absolute atomic E-state index is 12.0. The van der Waals surface area contributed by atoms with E-state index in [0.29, 0.717) is 21.4 Å². The molecule has 0 saturated carbocycles. The highest BCUT2D eigenvalue weighted by molar-refractivity contribution is 6.42. The summed E-state index contributed by atoms with van der Waals surface area (Å²) in [6, 6.07) is 6.23. The van der Waals surface area contributed by atoms with Crippen LogP contribution in [0.15, 0.2) is 28.8 Å². The molecule has 22 heavy (non-hydrogen) atoms. The first-order valence-electron chi connectivity index (χ1n) is 6.30. The molecule has 1 aromatic heterocycles. The second-order valence-electron chi connectivity index (χ2n) is 4.67. The zero-order valence-electron chi connectivity index (χ0n) is 11.9. The molecule has 0 atom stereocenters. The van der Waals surface area contributed by atoms with Gasteiger partial charge in [0.15, 0.2) is 0 Å². The Labute approximate surface area is 137 Å². The summed E-state index contributed by atoms with van der Waals surface area (Å²) in [5, 5.41) is 7.00. The number of carbonyl (C=O) groups excluding carboxylic acids is 2. The number of nitrogens with one attached hydrogen (secondary N) is 1. The fourth-order valence-electron chi connectivity index (χ4n) is 1.71. The number of nitrogens with zero attached hydrogens (tertiary/aromatic N) is 2. The van der Waals surface area contributed by atoms with E-state index in [4.69, 9.17) is 27.7 Å². The molecule has 0 aliphatic rings. The molecule has 0 bridgehead atoms. The number of carbonyl (C=O) groups is 2. The monoisotopic (exact) mass is 341 g/mol. The molecule has 116 valence electrons. The Hall–Kier alpha value is -2.05. The third-order valence-corrected chi connectivity index (χ3v) is 3.51. The zero-order valence-corrected chi connectivity index (χ0v) is 13.4. The van der Waals surface area contributed by atoms with Gasteiger partial charge in [0.05, 0.1) is 22.3 Å². The van der Waals surface area contributed by atoms with Crippen LogP contribution in [0, 0.1) is 6.92 Å². The smallest absolute Gasteiger partial charge is 0.292 e. The summed E-state index contributed by atoms with van der Waals surface area (Å²) in [7, 11) is 1.49. The van der Waals surface area contributed by atoms with E-state index in [0.717, 1.165) is 0 Å². The van der Waals surface area contributed by atoms with Gasteiger partial charge in [0.2, 0.25) is 11.7 Å². The van der Waals surface area contributed by atoms with E-state index >= 15 is 0 Å². The van der Waals surface area contributed by atoms with Gasteiger partial charge in [-0.3, -0.25) is 9.59 Å². The SMILES string of the molecule is Cc1cc(C(=O)N(C)CC(=O)Nc2ccc(Cl)c(Cl)c2)on1. The summed E-state index contributed by atoms with van der Waals surface area (Å²) in [6.45, 7) is 1.57. The van der Waals surface area contributed by atoms with Gasteiger partial charge in [-0.2, -0.15) is 0 Å². The van der Waals surface area contributed by atoms with E-state index in [9.17, 15) is 9.59 Å². The standard InChI is InChI=1S/C14H13Cl2N3O3/c1-8-5-12(22-18-8)14(21)19(2)7-13(20)17-9-3-4-10(15)11(16)6-9/h3-6H,7H2,1-2H3,(H,17,20). The van der Waals surface area contributed by atoms with Crippen molar-refractivity contribution in [1.29, 1.82) is 0 Å². The molecule has 0 spiro atoms. The van der Waals surface area contributed by atoms with Crippen LogP contribution in [-0.4, -0.2) is 35.5 Å². The maximum atomic E-state index is 12.0. The van der Waals surface area contributed by atoms with Crippen LogP contribution in [0.3, 0.4) is 0 Å². The molecule has 2 amide bonds. The minimum Gasteiger partial charge on any atom is -0.351 e. The Balaban J connectivity index is 1.96. The third-order valence-electron chi connectivity index (χ3n) is 2.77. The van der Waals surface area contributed by atoms with Gasteiger partial charge < -0.3 is 14.7 Å². The van der Waals surface area contributed by atoms with E-state index in [-0.39, 0.29) is 18.2 Å². The molecule has 0 fully saturated rings. The number of anilines is 1. The topological polar surface area (TPSA) is 75.4 Å². The number of halogens is 2. The summed E-state index contributed by atoms with van der Waals surface area (Å²) < 4.78 is 4.87. The summed E-state index contributed by atoms with van der Waals surface area (Å²) in [5.41, 5.74) is 1.09. The maximum Gasteiger partial charge on any atom is 0.292 e. The van der Waals surface area contributed by atoms with Crippen molar-refractivity contribution in [3.63, 3.8) is 0 Å². The van der Waals surface area contributed by atoms with Crippen LogP contribution >= 0.6 is 23.2 Å². The van der Waals surface area contributed by atoms with E-state index < -0.39 is 5.91 Å². The average Bonchev–Trinajstić information content (AvgIpc) is 2.88. The van der Waals surface area contributed by atoms with Crippen molar-refractivity contribution in [2.45, 2.75) is 6.92 Å². The number of benzene rings is 1. The van der Waals surface area contributed by atoms with Crippen LogP contribution in [0.2, 0.25) is 10.0 Å². The Kier molecular flexibility index (Phi) is 5.05. The van der Waals surface area contributed by atoms with Gasteiger partial charge in [0, 0.05) is 18.8 Å². The van der Waals surface area contributed by atoms with Gasteiger partial charge in [0.25, 0.3) is 5.91 Å². The molecular formula is C14H13Cl2N3O3. The predicted molar refractivity (Wildman–Crippen MR) is 83.3 cm³/mol. The lowest BCUT2D eigenvalue weighted by Gasteiger charge is -2.15. The van der Waals surface area contributed by atoms with Gasteiger partial charge >= 0.3 is 0 Å². The summed E-state index contributed by atoms with van der Waals surface area (Å²) in [5.74, 6) is -0.710. The van der Waals surface area contributed by atoms with Gasteiger partial charge in [-0.05, 0) is 25.1 Å². The number of likely N-dealkylation sites (N-methyl/N-ethyl adjacent to an activating group) is 1. The number of aryl methyl sites for hydroxylation is 1. The highest BCUT2D eigenvalue weighted by Gasteiger charge is 2.19. The molecule has 0 unspecified atom stereocenters. The Morgan fingerprint density at radius 2 is 2.00 bits per heavy atom. The van der Waals surface area contributed by atoms with Crippen molar-refractivity contribution in [2.75, 3.05) is 18.9 Å². The van der Waals surface area contributed by atoms with Crippen molar-refractivity contribution < 1.29 is 14.1 Å². The molecule has 8 heteroatoms. The van der Waals surface area contributed by atoms with Gasteiger partial charge in [-0.1, -0.05) is 28.4 Å². The molecular weight excluding hydrogens is 329 g/mol. The van der Waals surface area contributed by atoms with Gasteiger partial charge in [0.1, 0.15) is 0 Å². The molecule has 6 nitrogen and oxygen atoms in total. The lowest BCUT2D eigenvalue weighted by atomic mass is 10.3. The fraction of sp³-hybridized carbons (Fsp3) is 0.214.